The van der Waals surface area contributed by atoms with Crippen molar-refractivity contribution in [1.82, 2.24) is 4.57 Å². The van der Waals surface area contributed by atoms with Gasteiger partial charge in [0.15, 0.2) is 0 Å². The molecule has 3 N–H and O–H groups in total. The standard InChI is InChI=1S/C26H29N3O/c30-22(19-28-16-14-27(15-17-28)18-21-8-2-1-3-9-21)20-29-25-12-6-4-10-23(25)24-11-5-7-13-26(24)29/h1-13,22,30H,14-20H2/p+2/t22-/m1/s1. The second kappa shape index (κ2) is 8.60. The number of para-hydroxylation sites is 2. The minimum absolute atomic E-state index is 0.338. The van der Waals surface area contributed by atoms with Gasteiger partial charge in [0.2, 0.25) is 0 Å². The summed E-state index contributed by atoms with van der Waals surface area (Å²) in [6, 6.07) is 27.8. The molecule has 3 aromatic carbocycles. The van der Waals surface area contributed by atoms with Crippen molar-refractivity contribution < 1.29 is 14.9 Å². The number of aliphatic hydroxyl groups excluding tert-OH is 1. The SMILES string of the molecule is O[C@@H](Cn1c2ccccc2c2ccccc21)C[NH+]1CC[NH+](Cc2ccccc2)CC1. The molecule has 2 heterocycles. The van der Waals surface area contributed by atoms with E-state index in [0.29, 0.717) is 6.54 Å². The molecule has 1 aliphatic heterocycles. The van der Waals surface area contributed by atoms with E-state index in [1.165, 1.54) is 45.4 Å². The molecule has 1 atom stereocenters. The average molecular weight is 402 g/mol. The van der Waals surface area contributed by atoms with Gasteiger partial charge in [-0.15, -0.1) is 0 Å². The zero-order chi connectivity index (χ0) is 20.3. The third-order valence-corrected chi connectivity index (χ3v) is 6.56. The molecular weight excluding hydrogens is 370 g/mol. The fourth-order valence-electron chi connectivity index (χ4n) is 5.03. The van der Waals surface area contributed by atoms with Gasteiger partial charge in [0.1, 0.15) is 45.4 Å². The largest absolute Gasteiger partial charge is 0.385 e. The number of nitrogens with one attached hydrogen (secondary N) is 2. The van der Waals surface area contributed by atoms with Crippen molar-refractivity contribution >= 4 is 21.8 Å². The van der Waals surface area contributed by atoms with Crippen LogP contribution in [0.2, 0.25) is 0 Å². The van der Waals surface area contributed by atoms with Crippen LogP contribution in [0.4, 0.5) is 0 Å². The first-order valence-electron chi connectivity index (χ1n) is 11.1. The van der Waals surface area contributed by atoms with Gasteiger partial charge in [0.25, 0.3) is 0 Å². The first-order valence-corrected chi connectivity index (χ1v) is 11.1. The first-order chi connectivity index (χ1) is 14.8. The van der Waals surface area contributed by atoms with Gasteiger partial charge in [-0.3, -0.25) is 0 Å². The topological polar surface area (TPSA) is 34.0 Å². The van der Waals surface area contributed by atoms with Gasteiger partial charge in [-0.25, -0.2) is 0 Å². The summed E-state index contributed by atoms with van der Waals surface area (Å²) >= 11 is 0. The Bertz CT molecular complexity index is 1060. The van der Waals surface area contributed by atoms with E-state index >= 15 is 0 Å². The number of hydrogen-bond donors (Lipinski definition) is 3. The lowest BCUT2D eigenvalue weighted by Gasteiger charge is -2.31. The van der Waals surface area contributed by atoms with Gasteiger partial charge < -0.3 is 19.5 Å². The van der Waals surface area contributed by atoms with Crippen LogP contribution in [0.5, 0.6) is 0 Å². The van der Waals surface area contributed by atoms with E-state index in [4.69, 9.17) is 0 Å². The Morgan fingerprint density at radius 1 is 0.700 bits per heavy atom. The van der Waals surface area contributed by atoms with Crippen LogP contribution in [0.25, 0.3) is 21.8 Å². The summed E-state index contributed by atoms with van der Waals surface area (Å²) in [5.41, 5.74) is 3.84. The summed E-state index contributed by atoms with van der Waals surface area (Å²) in [5.74, 6) is 0. The number of aliphatic hydroxyl groups is 1. The number of quaternary nitrogens is 2. The number of fused-ring (bicyclic) bond motifs is 3. The molecule has 0 aliphatic carbocycles. The summed E-state index contributed by atoms with van der Waals surface area (Å²) in [6.07, 6.45) is -0.338. The van der Waals surface area contributed by atoms with Crippen LogP contribution < -0.4 is 9.80 Å². The molecule has 4 aromatic rings. The Kier molecular flexibility index (Phi) is 5.54. The normalized spacial score (nSPS) is 20.6. The number of aromatic nitrogens is 1. The molecule has 4 nitrogen and oxygen atoms in total. The van der Waals surface area contributed by atoms with Crippen LogP contribution in [0.3, 0.4) is 0 Å². The Labute approximate surface area is 177 Å². The molecule has 0 amide bonds. The van der Waals surface area contributed by atoms with Crippen molar-refractivity contribution in [2.75, 3.05) is 32.7 Å². The maximum absolute atomic E-state index is 10.9. The van der Waals surface area contributed by atoms with Crippen molar-refractivity contribution in [3.05, 3.63) is 84.4 Å². The second-order valence-corrected chi connectivity index (χ2v) is 8.67. The van der Waals surface area contributed by atoms with Gasteiger partial charge in [0, 0.05) is 27.4 Å². The lowest BCUT2D eigenvalue weighted by atomic mass is 10.2. The molecule has 0 spiro atoms. The van der Waals surface area contributed by atoms with Crippen molar-refractivity contribution in [2.24, 2.45) is 0 Å². The third kappa shape index (κ3) is 3.99. The van der Waals surface area contributed by atoms with Crippen LogP contribution in [0.15, 0.2) is 78.9 Å². The monoisotopic (exact) mass is 401 g/mol. The third-order valence-electron chi connectivity index (χ3n) is 6.56. The first kappa shape index (κ1) is 19.3. The molecule has 0 bridgehead atoms. The van der Waals surface area contributed by atoms with Crippen LogP contribution in [0.1, 0.15) is 5.56 Å². The van der Waals surface area contributed by atoms with Crippen LogP contribution in [-0.2, 0) is 13.1 Å². The smallest absolute Gasteiger partial charge is 0.127 e. The molecule has 1 saturated heterocycles. The number of hydrogen-bond acceptors (Lipinski definition) is 1. The van der Waals surface area contributed by atoms with Crippen molar-refractivity contribution in [3.8, 4) is 0 Å². The Hall–Kier alpha value is -2.66. The Balaban J connectivity index is 1.22. The Morgan fingerprint density at radius 2 is 1.23 bits per heavy atom. The van der Waals surface area contributed by atoms with E-state index < -0.39 is 0 Å². The van der Waals surface area contributed by atoms with Crippen LogP contribution in [0, 0.1) is 0 Å². The lowest BCUT2D eigenvalue weighted by Crippen LogP contribution is -3.28. The van der Waals surface area contributed by atoms with Gasteiger partial charge in [0.05, 0.1) is 6.54 Å². The van der Waals surface area contributed by atoms with Crippen LogP contribution in [-0.4, -0.2) is 48.5 Å². The van der Waals surface area contributed by atoms with E-state index in [-0.39, 0.29) is 6.10 Å². The summed E-state index contributed by atoms with van der Waals surface area (Å²) in [5, 5.41) is 13.5. The number of benzene rings is 3. The maximum atomic E-state index is 10.9. The van der Waals surface area contributed by atoms with E-state index in [0.717, 1.165) is 26.2 Å². The fourth-order valence-corrected chi connectivity index (χ4v) is 5.03. The highest BCUT2D eigenvalue weighted by Crippen LogP contribution is 2.28. The minimum atomic E-state index is -0.338. The van der Waals surface area contributed by atoms with Crippen molar-refractivity contribution in [3.63, 3.8) is 0 Å². The van der Waals surface area contributed by atoms with Gasteiger partial charge >= 0.3 is 0 Å². The molecular formula is C26H31N3O+2. The molecule has 4 heteroatoms. The predicted molar refractivity (Wildman–Crippen MR) is 122 cm³/mol. The highest BCUT2D eigenvalue weighted by molar-refractivity contribution is 6.07. The fraction of sp³-hybridized carbons (Fsp3) is 0.308. The van der Waals surface area contributed by atoms with E-state index in [2.05, 4.69) is 83.4 Å². The highest BCUT2D eigenvalue weighted by Gasteiger charge is 2.25. The van der Waals surface area contributed by atoms with Gasteiger partial charge in [-0.05, 0) is 12.1 Å². The van der Waals surface area contributed by atoms with Crippen molar-refractivity contribution in [2.45, 2.75) is 19.2 Å². The van der Waals surface area contributed by atoms with E-state index in [1.54, 1.807) is 4.90 Å². The number of piperazine rings is 1. The van der Waals surface area contributed by atoms with Crippen LogP contribution >= 0.6 is 0 Å². The zero-order valence-electron chi connectivity index (χ0n) is 17.4. The number of rotatable bonds is 6. The number of nitrogens with zero attached hydrogens (tertiary/aromatic N) is 1. The molecule has 1 fully saturated rings. The van der Waals surface area contributed by atoms with Crippen molar-refractivity contribution in [1.29, 1.82) is 0 Å². The summed E-state index contributed by atoms with van der Waals surface area (Å²) in [6.45, 7) is 7.19. The molecule has 1 aliphatic rings. The molecule has 154 valence electrons. The van der Waals surface area contributed by atoms with E-state index in [9.17, 15) is 5.11 Å². The maximum Gasteiger partial charge on any atom is 0.127 e. The minimum Gasteiger partial charge on any atom is -0.385 e. The highest BCUT2D eigenvalue weighted by atomic mass is 16.3. The molecule has 0 unspecified atom stereocenters. The summed E-state index contributed by atoms with van der Waals surface area (Å²) in [4.78, 5) is 3.18. The lowest BCUT2D eigenvalue weighted by molar-refractivity contribution is -1.02. The molecule has 5 rings (SSSR count). The molecule has 0 saturated carbocycles. The molecule has 1 aromatic heterocycles. The molecule has 30 heavy (non-hydrogen) atoms. The van der Waals surface area contributed by atoms with E-state index in [1.807, 2.05) is 0 Å². The summed E-state index contributed by atoms with van der Waals surface area (Å²) in [7, 11) is 0. The second-order valence-electron chi connectivity index (χ2n) is 8.67. The van der Waals surface area contributed by atoms with Gasteiger partial charge in [-0.1, -0.05) is 66.7 Å². The quantitative estimate of drug-likeness (QED) is 0.445. The van der Waals surface area contributed by atoms with Gasteiger partial charge in [-0.2, -0.15) is 0 Å². The molecule has 0 radical (unpaired) electrons. The predicted octanol–water partition coefficient (Wildman–Crippen LogP) is 1.14. The Morgan fingerprint density at radius 3 is 1.87 bits per heavy atom. The summed E-state index contributed by atoms with van der Waals surface area (Å²) < 4.78 is 2.30. The average Bonchev–Trinajstić information content (AvgIpc) is 3.10. The zero-order valence-corrected chi connectivity index (χ0v) is 17.4.